The second kappa shape index (κ2) is 7.95. The van der Waals surface area contributed by atoms with E-state index in [9.17, 15) is 9.90 Å². The number of halogens is 1. The number of carbonyl (C=O) groups is 1. The van der Waals surface area contributed by atoms with Crippen molar-refractivity contribution in [3.05, 3.63) is 51.6 Å². The van der Waals surface area contributed by atoms with Crippen LogP contribution in [0.4, 0.5) is 0 Å². The first-order valence-corrected chi connectivity index (χ1v) is 9.79. The maximum Gasteiger partial charge on any atom is 0.250 e. The SMILES string of the molecule is O=C(CSc1nc2ccccc2s1)N/N=C/c1ccc(O)c(I)c1. The largest absolute Gasteiger partial charge is 0.507 e. The van der Waals surface area contributed by atoms with Crippen molar-refractivity contribution in [3.63, 3.8) is 0 Å². The Bertz CT molecular complexity index is 878. The van der Waals surface area contributed by atoms with Crippen LogP contribution >= 0.6 is 45.7 Å². The predicted molar refractivity (Wildman–Crippen MR) is 107 cm³/mol. The number of carbonyl (C=O) groups excluding carboxylic acids is 1. The zero-order valence-corrected chi connectivity index (χ0v) is 16.1. The van der Waals surface area contributed by atoms with Gasteiger partial charge in [-0.1, -0.05) is 23.9 Å². The molecule has 0 radical (unpaired) electrons. The summed E-state index contributed by atoms with van der Waals surface area (Å²) in [6.07, 6.45) is 1.54. The lowest BCUT2D eigenvalue weighted by Gasteiger charge is -1.99. The van der Waals surface area contributed by atoms with Gasteiger partial charge in [0.05, 0.1) is 25.8 Å². The maximum atomic E-state index is 11.8. The number of benzene rings is 2. The van der Waals surface area contributed by atoms with Gasteiger partial charge in [0.15, 0.2) is 4.34 Å². The topological polar surface area (TPSA) is 74.6 Å². The minimum Gasteiger partial charge on any atom is -0.507 e. The minimum atomic E-state index is -0.191. The van der Waals surface area contributed by atoms with Crippen LogP contribution in [0.2, 0.25) is 0 Å². The van der Waals surface area contributed by atoms with E-state index >= 15 is 0 Å². The summed E-state index contributed by atoms with van der Waals surface area (Å²) in [6.45, 7) is 0. The van der Waals surface area contributed by atoms with E-state index in [0.717, 1.165) is 23.7 Å². The fourth-order valence-electron chi connectivity index (χ4n) is 1.85. The summed E-state index contributed by atoms with van der Waals surface area (Å²) in [6, 6.07) is 13.0. The van der Waals surface area contributed by atoms with E-state index in [2.05, 4.69) is 15.5 Å². The van der Waals surface area contributed by atoms with Crippen LogP contribution in [-0.4, -0.2) is 28.0 Å². The Hall–Kier alpha value is -1.65. The molecule has 3 aromatic rings. The van der Waals surface area contributed by atoms with E-state index in [1.165, 1.54) is 11.8 Å². The molecule has 5 nitrogen and oxygen atoms in total. The Morgan fingerprint density at radius 1 is 1.38 bits per heavy atom. The molecule has 1 amide bonds. The highest BCUT2D eigenvalue weighted by Gasteiger charge is 2.07. The fraction of sp³-hybridized carbons (Fsp3) is 0.0625. The van der Waals surface area contributed by atoms with Gasteiger partial charge in [-0.2, -0.15) is 5.10 Å². The number of phenols is 1. The zero-order chi connectivity index (χ0) is 16.9. The van der Waals surface area contributed by atoms with Gasteiger partial charge in [0.1, 0.15) is 5.75 Å². The van der Waals surface area contributed by atoms with Crippen molar-refractivity contribution < 1.29 is 9.90 Å². The second-order valence-electron chi connectivity index (χ2n) is 4.74. The molecule has 1 heterocycles. The van der Waals surface area contributed by atoms with Crippen molar-refractivity contribution in [2.45, 2.75) is 4.34 Å². The van der Waals surface area contributed by atoms with E-state index in [1.807, 2.05) is 46.9 Å². The molecule has 1 aromatic heterocycles. The minimum absolute atomic E-state index is 0.191. The lowest BCUT2D eigenvalue weighted by Crippen LogP contribution is -2.19. The Balaban J connectivity index is 1.51. The molecule has 0 fully saturated rings. The van der Waals surface area contributed by atoms with Crippen LogP contribution < -0.4 is 5.43 Å². The maximum absolute atomic E-state index is 11.8. The highest BCUT2D eigenvalue weighted by Crippen LogP contribution is 2.29. The third-order valence-corrected chi connectivity index (χ3v) is 6.02. The molecule has 0 aliphatic carbocycles. The van der Waals surface area contributed by atoms with Crippen LogP contribution in [0.3, 0.4) is 0 Å². The number of aromatic nitrogens is 1. The molecule has 0 aliphatic rings. The normalized spacial score (nSPS) is 11.2. The van der Waals surface area contributed by atoms with Crippen LogP contribution in [0.25, 0.3) is 10.2 Å². The van der Waals surface area contributed by atoms with Crippen LogP contribution in [0.15, 0.2) is 51.9 Å². The van der Waals surface area contributed by atoms with E-state index in [0.29, 0.717) is 0 Å². The number of aromatic hydroxyl groups is 1. The van der Waals surface area contributed by atoms with Gasteiger partial charge >= 0.3 is 0 Å². The molecule has 3 rings (SSSR count). The lowest BCUT2D eigenvalue weighted by atomic mass is 10.2. The Morgan fingerprint density at radius 3 is 3.00 bits per heavy atom. The molecule has 0 aliphatic heterocycles. The summed E-state index contributed by atoms with van der Waals surface area (Å²) in [4.78, 5) is 16.3. The smallest absolute Gasteiger partial charge is 0.250 e. The number of thioether (sulfide) groups is 1. The highest BCUT2D eigenvalue weighted by molar-refractivity contribution is 14.1. The number of hydrogen-bond acceptors (Lipinski definition) is 6. The van der Waals surface area contributed by atoms with Gasteiger partial charge < -0.3 is 5.11 Å². The monoisotopic (exact) mass is 469 g/mol. The van der Waals surface area contributed by atoms with E-state index in [1.54, 1.807) is 35.8 Å². The predicted octanol–water partition coefficient (Wildman–Crippen LogP) is 3.85. The number of hydrazone groups is 1. The summed E-state index contributed by atoms with van der Waals surface area (Å²) in [7, 11) is 0. The molecular formula is C16H12IN3O2S2. The number of rotatable bonds is 5. The standard InChI is InChI=1S/C16H12IN3O2S2/c17-11-7-10(5-6-13(11)21)8-18-20-15(22)9-23-16-19-12-3-1-2-4-14(12)24-16/h1-8,21H,9H2,(H,20,22)/b18-8+. The Labute approximate surface area is 160 Å². The van der Waals surface area contributed by atoms with Crippen LogP contribution in [0.5, 0.6) is 5.75 Å². The number of thiazole rings is 1. The fourth-order valence-corrected chi connectivity index (χ4v) is 4.25. The molecule has 8 heteroatoms. The van der Waals surface area contributed by atoms with Crippen molar-refractivity contribution in [2.24, 2.45) is 5.10 Å². The molecule has 0 saturated heterocycles. The Kier molecular flexibility index (Phi) is 5.69. The zero-order valence-electron chi connectivity index (χ0n) is 12.3. The van der Waals surface area contributed by atoms with Crippen LogP contribution in [-0.2, 0) is 4.79 Å². The average molecular weight is 469 g/mol. The molecular weight excluding hydrogens is 457 g/mol. The van der Waals surface area contributed by atoms with Gasteiger partial charge in [-0.25, -0.2) is 10.4 Å². The summed E-state index contributed by atoms with van der Waals surface area (Å²) in [5.41, 5.74) is 4.24. The average Bonchev–Trinajstić information content (AvgIpc) is 2.99. The Morgan fingerprint density at radius 2 is 2.21 bits per heavy atom. The number of nitrogens with one attached hydrogen (secondary N) is 1. The summed E-state index contributed by atoms with van der Waals surface area (Å²) >= 11 is 5.00. The van der Waals surface area contributed by atoms with Gasteiger partial charge in [-0.3, -0.25) is 4.79 Å². The van der Waals surface area contributed by atoms with E-state index in [-0.39, 0.29) is 17.4 Å². The first kappa shape index (κ1) is 17.2. The number of hydrogen-bond donors (Lipinski definition) is 2. The van der Waals surface area contributed by atoms with Crippen molar-refractivity contribution >= 4 is 68.0 Å². The number of phenolic OH excluding ortho intramolecular Hbond substituents is 1. The quantitative estimate of drug-likeness (QED) is 0.258. The van der Waals surface area contributed by atoms with Crippen molar-refractivity contribution in [1.82, 2.24) is 10.4 Å². The molecule has 0 unspecified atom stereocenters. The van der Waals surface area contributed by atoms with Crippen LogP contribution in [0, 0.1) is 3.57 Å². The van der Waals surface area contributed by atoms with E-state index < -0.39 is 0 Å². The molecule has 0 bridgehead atoms. The van der Waals surface area contributed by atoms with Crippen molar-refractivity contribution in [2.75, 3.05) is 5.75 Å². The number of amides is 1. The van der Waals surface area contributed by atoms with Gasteiger partial charge in [0.25, 0.3) is 5.91 Å². The molecule has 122 valence electrons. The van der Waals surface area contributed by atoms with Gasteiger partial charge in [-0.05, 0) is 58.5 Å². The third-order valence-electron chi connectivity index (χ3n) is 2.98. The highest BCUT2D eigenvalue weighted by atomic mass is 127. The molecule has 2 N–H and O–H groups in total. The third kappa shape index (κ3) is 4.46. The van der Waals surface area contributed by atoms with Gasteiger partial charge in [0, 0.05) is 0 Å². The second-order valence-corrected chi connectivity index (χ2v) is 8.16. The molecule has 0 spiro atoms. The van der Waals surface area contributed by atoms with Gasteiger partial charge in [-0.15, -0.1) is 11.3 Å². The molecule has 0 saturated carbocycles. The van der Waals surface area contributed by atoms with Crippen molar-refractivity contribution in [1.29, 1.82) is 0 Å². The number of fused-ring (bicyclic) bond motifs is 1. The number of para-hydroxylation sites is 1. The number of nitrogens with zero attached hydrogens (tertiary/aromatic N) is 2. The lowest BCUT2D eigenvalue weighted by molar-refractivity contribution is -0.118. The van der Waals surface area contributed by atoms with Crippen molar-refractivity contribution in [3.8, 4) is 5.75 Å². The first-order chi connectivity index (χ1) is 11.6. The summed E-state index contributed by atoms with van der Waals surface area (Å²) in [5, 5.41) is 13.4. The molecule has 24 heavy (non-hydrogen) atoms. The summed E-state index contributed by atoms with van der Waals surface area (Å²) in [5.74, 6) is 0.289. The van der Waals surface area contributed by atoms with E-state index in [4.69, 9.17) is 0 Å². The molecule has 2 aromatic carbocycles. The summed E-state index contributed by atoms with van der Waals surface area (Å²) < 4.78 is 2.71. The molecule has 0 atom stereocenters. The first-order valence-electron chi connectivity index (χ1n) is 6.90. The van der Waals surface area contributed by atoms with Gasteiger partial charge in [0.2, 0.25) is 0 Å². The van der Waals surface area contributed by atoms with Crippen LogP contribution in [0.1, 0.15) is 5.56 Å².